The highest BCUT2D eigenvalue weighted by atomic mass is 35.5. The first-order valence-electron chi connectivity index (χ1n) is 8.97. The van der Waals surface area contributed by atoms with Crippen molar-refractivity contribution < 1.29 is 22.5 Å². The van der Waals surface area contributed by atoms with Gasteiger partial charge in [0.1, 0.15) is 4.21 Å². The Labute approximate surface area is 181 Å². The van der Waals surface area contributed by atoms with Crippen LogP contribution in [-0.2, 0) is 21.3 Å². The number of benzene rings is 1. The minimum atomic E-state index is -3.75. The fraction of sp³-hybridized carbons (Fsp3) is 0.278. The van der Waals surface area contributed by atoms with Gasteiger partial charge in [-0.3, -0.25) is 4.79 Å². The average Bonchev–Trinajstić information content (AvgIpc) is 3.43. The van der Waals surface area contributed by atoms with Crippen LogP contribution in [0.1, 0.15) is 16.2 Å². The summed E-state index contributed by atoms with van der Waals surface area (Å²) in [6.45, 7) is 1.89. The number of thiophene rings is 1. The molecule has 1 saturated heterocycles. The topological polar surface area (TPSA) is 115 Å². The number of sulfonamides is 1. The number of ether oxygens (including phenoxy) is 1. The van der Waals surface area contributed by atoms with E-state index >= 15 is 0 Å². The van der Waals surface area contributed by atoms with Gasteiger partial charge in [-0.15, -0.1) is 11.3 Å². The minimum Gasteiger partial charge on any atom is -0.378 e. The zero-order chi connectivity index (χ0) is 21.1. The molecule has 1 fully saturated rings. The summed E-state index contributed by atoms with van der Waals surface area (Å²) in [5.74, 6) is -0.365. The number of nitrogens with one attached hydrogen (secondary N) is 1. The molecule has 0 radical (unpaired) electrons. The van der Waals surface area contributed by atoms with E-state index in [0.717, 1.165) is 11.3 Å². The highest BCUT2D eigenvalue weighted by Gasteiger charge is 2.25. The molecular weight excluding hydrogens is 452 g/mol. The van der Waals surface area contributed by atoms with Gasteiger partial charge in [-0.1, -0.05) is 35.0 Å². The van der Waals surface area contributed by atoms with Crippen LogP contribution in [0.15, 0.2) is 44.4 Å². The summed E-state index contributed by atoms with van der Waals surface area (Å²) in [5, 5.41) is 5.89. The van der Waals surface area contributed by atoms with Crippen molar-refractivity contribution >= 4 is 38.9 Å². The lowest BCUT2D eigenvalue weighted by Crippen LogP contribution is -2.40. The van der Waals surface area contributed by atoms with Crippen LogP contribution in [0.5, 0.6) is 0 Å². The zero-order valence-electron chi connectivity index (χ0n) is 15.6. The predicted molar refractivity (Wildman–Crippen MR) is 110 cm³/mol. The smallest absolute Gasteiger partial charge is 0.316 e. The number of aromatic nitrogens is 2. The second-order valence-corrected chi connectivity index (χ2v) is 9.71. The lowest BCUT2D eigenvalue weighted by atomic mass is 10.2. The lowest BCUT2D eigenvalue weighted by Gasteiger charge is -2.25. The minimum absolute atomic E-state index is 0.0651. The van der Waals surface area contributed by atoms with Crippen LogP contribution in [0.2, 0.25) is 5.02 Å². The van der Waals surface area contributed by atoms with Crippen molar-refractivity contribution in [2.75, 3.05) is 26.3 Å². The Morgan fingerprint density at radius 1 is 1.27 bits per heavy atom. The Morgan fingerprint density at radius 2 is 2.03 bits per heavy atom. The molecule has 0 spiro atoms. The summed E-state index contributed by atoms with van der Waals surface area (Å²) in [4.78, 5) is 18.1. The first-order chi connectivity index (χ1) is 14.4. The Kier molecular flexibility index (Phi) is 6.16. The molecule has 4 rings (SSSR count). The number of carbonyl (C=O) groups excluding carboxylic acids is 1. The van der Waals surface area contributed by atoms with Gasteiger partial charge in [-0.25, -0.2) is 13.1 Å². The van der Waals surface area contributed by atoms with Gasteiger partial charge in [0.2, 0.25) is 15.8 Å². The van der Waals surface area contributed by atoms with Crippen LogP contribution in [0.3, 0.4) is 0 Å². The van der Waals surface area contributed by atoms with E-state index < -0.39 is 10.0 Å². The first-order valence-corrected chi connectivity index (χ1v) is 11.7. The zero-order valence-corrected chi connectivity index (χ0v) is 18.0. The molecule has 1 aliphatic heterocycles. The molecular formula is C18H17ClN4O5S2. The van der Waals surface area contributed by atoms with E-state index in [9.17, 15) is 13.2 Å². The molecule has 0 saturated carbocycles. The van der Waals surface area contributed by atoms with Crippen LogP contribution in [-0.4, -0.2) is 55.7 Å². The summed E-state index contributed by atoms with van der Waals surface area (Å²) in [6.07, 6.45) is 0. The molecule has 30 heavy (non-hydrogen) atoms. The molecule has 9 nitrogen and oxygen atoms in total. The number of halogens is 1. The van der Waals surface area contributed by atoms with Crippen LogP contribution < -0.4 is 4.72 Å². The van der Waals surface area contributed by atoms with Crippen molar-refractivity contribution in [1.29, 1.82) is 0 Å². The maximum absolute atomic E-state index is 12.6. The Hall–Kier alpha value is -2.31. The molecule has 3 aromatic rings. The Morgan fingerprint density at radius 3 is 2.80 bits per heavy atom. The van der Waals surface area contributed by atoms with Crippen molar-refractivity contribution in [3.63, 3.8) is 0 Å². The Bertz CT molecular complexity index is 1150. The van der Waals surface area contributed by atoms with E-state index in [1.807, 2.05) is 0 Å². The summed E-state index contributed by atoms with van der Waals surface area (Å²) in [5.41, 5.74) is 1.12. The quantitative estimate of drug-likeness (QED) is 0.590. The highest BCUT2D eigenvalue weighted by Crippen LogP contribution is 2.27. The molecule has 0 aliphatic carbocycles. The van der Waals surface area contributed by atoms with E-state index in [2.05, 4.69) is 14.9 Å². The molecule has 0 atom stereocenters. The van der Waals surface area contributed by atoms with Crippen LogP contribution in [0.25, 0.3) is 11.4 Å². The molecule has 1 N–H and O–H groups in total. The SMILES string of the molecule is O=C(c1nc(-c2csc(S(=O)(=O)NCc3ccccc3Cl)c2)no1)N1CCOCC1. The summed E-state index contributed by atoms with van der Waals surface area (Å²) in [6, 6.07) is 8.44. The van der Waals surface area contributed by atoms with E-state index in [4.69, 9.17) is 20.9 Å². The van der Waals surface area contributed by atoms with Gasteiger partial charge >= 0.3 is 11.8 Å². The van der Waals surface area contributed by atoms with Gasteiger partial charge < -0.3 is 14.2 Å². The van der Waals surface area contributed by atoms with E-state index in [-0.39, 0.29) is 28.4 Å². The largest absolute Gasteiger partial charge is 0.378 e. The van der Waals surface area contributed by atoms with Gasteiger partial charge in [-0.05, 0) is 17.7 Å². The van der Waals surface area contributed by atoms with Crippen molar-refractivity contribution in [3.05, 3.63) is 52.2 Å². The van der Waals surface area contributed by atoms with Gasteiger partial charge in [0.15, 0.2) is 0 Å². The molecule has 1 aromatic carbocycles. The third kappa shape index (κ3) is 4.55. The number of hydrogen-bond donors (Lipinski definition) is 1. The third-order valence-corrected chi connectivity index (χ3v) is 7.63. The second-order valence-electron chi connectivity index (χ2n) is 6.40. The van der Waals surface area contributed by atoms with Crippen LogP contribution in [0.4, 0.5) is 0 Å². The van der Waals surface area contributed by atoms with Crippen molar-refractivity contribution in [2.24, 2.45) is 0 Å². The number of rotatable bonds is 6. The summed E-state index contributed by atoms with van der Waals surface area (Å²) >= 11 is 7.09. The number of amides is 1. The second kappa shape index (κ2) is 8.82. The molecule has 0 bridgehead atoms. The Balaban J connectivity index is 1.46. The molecule has 0 unspecified atom stereocenters. The fourth-order valence-electron chi connectivity index (χ4n) is 2.79. The molecule has 158 valence electrons. The average molecular weight is 469 g/mol. The molecule has 2 aromatic heterocycles. The standard InChI is InChI=1S/C18H17ClN4O5S2/c19-14-4-2-1-3-12(14)10-20-30(25,26)15-9-13(11-29-15)16-21-17(28-22-16)18(24)23-5-7-27-8-6-23/h1-4,9,11,20H,5-8,10H2. The predicted octanol–water partition coefficient (Wildman–Crippen LogP) is 2.40. The van der Waals surface area contributed by atoms with Gasteiger partial charge in [0.05, 0.1) is 13.2 Å². The monoisotopic (exact) mass is 468 g/mol. The third-order valence-electron chi connectivity index (χ3n) is 4.42. The maximum atomic E-state index is 12.6. The fourth-order valence-corrected chi connectivity index (χ4v) is 5.20. The van der Waals surface area contributed by atoms with Crippen molar-refractivity contribution in [3.8, 4) is 11.4 Å². The molecule has 12 heteroatoms. The summed E-state index contributed by atoms with van der Waals surface area (Å²) in [7, 11) is -3.75. The number of morpholine rings is 1. The van der Waals surface area contributed by atoms with Gasteiger partial charge in [0, 0.05) is 35.6 Å². The lowest BCUT2D eigenvalue weighted by molar-refractivity contribution is 0.0272. The summed E-state index contributed by atoms with van der Waals surface area (Å²) < 4.78 is 38.1. The first kappa shape index (κ1) is 20.9. The molecule has 1 amide bonds. The van der Waals surface area contributed by atoms with Gasteiger partial charge in [-0.2, -0.15) is 4.98 Å². The van der Waals surface area contributed by atoms with E-state index in [1.165, 1.54) is 6.07 Å². The van der Waals surface area contributed by atoms with E-state index in [1.54, 1.807) is 34.5 Å². The molecule has 3 heterocycles. The van der Waals surface area contributed by atoms with Crippen molar-refractivity contribution in [2.45, 2.75) is 10.8 Å². The van der Waals surface area contributed by atoms with Crippen molar-refractivity contribution in [1.82, 2.24) is 19.8 Å². The number of hydrogen-bond acceptors (Lipinski definition) is 8. The molecule has 1 aliphatic rings. The highest BCUT2D eigenvalue weighted by molar-refractivity contribution is 7.91. The maximum Gasteiger partial charge on any atom is 0.316 e. The van der Waals surface area contributed by atoms with Crippen LogP contribution >= 0.6 is 22.9 Å². The number of nitrogens with zero attached hydrogens (tertiary/aromatic N) is 3. The normalized spacial score (nSPS) is 14.8. The van der Waals surface area contributed by atoms with E-state index in [0.29, 0.717) is 42.5 Å². The van der Waals surface area contributed by atoms with Gasteiger partial charge in [0.25, 0.3) is 0 Å². The number of carbonyl (C=O) groups is 1. The van der Waals surface area contributed by atoms with Crippen LogP contribution in [0, 0.1) is 0 Å².